The van der Waals surface area contributed by atoms with Crippen molar-refractivity contribution in [3.05, 3.63) is 47.7 Å². The summed E-state index contributed by atoms with van der Waals surface area (Å²) < 4.78 is 10.8. The number of amides is 1. The molecule has 0 bridgehead atoms. The Kier molecular flexibility index (Phi) is 5.26. The number of nitrogens with one attached hydrogen (secondary N) is 1. The topological polar surface area (TPSA) is 80.9 Å². The number of furan rings is 1. The number of benzene rings is 1. The van der Waals surface area contributed by atoms with E-state index in [4.69, 9.17) is 9.15 Å². The first kappa shape index (κ1) is 19.4. The second kappa shape index (κ2) is 7.85. The zero-order chi connectivity index (χ0) is 20.4. The lowest BCUT2D eigenvalue weighted by Gasteiger charge is -2.15. The van der Waals surface area contributed by atoms with Crippen LogP contribution in [0.15, 0.2) is 45.9 Å². The molecule has 0 aliphatic heterocycles. The van der Waals surface area contributed by atoms with Crippen LogP contribution in [0.2, 0.25) is 0 Å². The summed E-state index contributed by atoms with van der Waals surface area (Å²) in [6.45, 7) is 4.34. The van der Waals surface area contributed by atoms with Crippen molar-refractivity contribution in [2.45, 2.75) is 39.5 Å². The number of carbonyl (C=O) groups excluding carboxylic acids is 2. The van der Waals surface area contributed by atoms with E-state index in [-0.39, 0.29) is 23.2 Å². The molecule has 3 unspecified atom stereocenters. The zero-order valence-corrected chi connectivity index (χ0v) is 16.8. The molecular weight excluding hydrogens is 368 g/mol. The van der Waals surface area contributed by atoms with E-state index in [1.165, 1.54) is 19.1 Å². The largest absolute Gasteiger partial charge is 0.462 e. The minimum Gasteiger partial charge on any atom is -0.462 e. The van der Waals surface area contributed by atoms with Gasteiger partial charge < -0.3 is 9.15 Å². The van der Waals surface area contributed by atoms with Crippen LogP contribution >= 0.6 is 0 Å². The summed E-state index contributed by atoms with van der Waals surface area (Å²) in [5, 5.41) is 4.08. The maximum atomic E-state index is 12.4. The molecule has 1 aromatic heterocycles. The van der Waals surface area contributed by atoms with Gasteiger partial charge in [-0.1, -0.05) is 31.9 Å². The fourth-order valence-electron chi connectivity index (χ4n) is 4.64. The number of carbonyl (C=O) groups is 2. The molecule has 2 aromatic rings. The van der Waals surface area contributed by atoms with Crippen LogP contribution in [0.25, 0.3) is 11.3 Å². The average molecular weight is 394 g/mol. The van der Waals surface area contributed by atoms with E-state index in [1.807, 2.05) is 18.2 Å². The average Bonchev–Trinajstić information content (AvgIpc) is 3.09. The first-order valence-electron chi connectivity index (χ1n) is 10.2. The predicted molar refractivity (Wildman–Crippen MR) is 109 cm³/mol. The summed E-state index contributed by atoms with van der Waals surface area (Å²) in [4.78, 5) is 24.2. The van der Waals surface area contributed by atoms with Crippen LogP contribution in [0.4, 0.5) is 0 Å². The van der Waals surface area contributed by atoms with Crippen LogP contribution in [-0.2, 0) is 9.53 Å². The van der Waals surface area contributed by atoms with Crippen LogP contribution in [0.1, 0.15) is 55.6 Å². The number of fused-ring (bicyclic) bond motifs is 1. The molecular formula is C23H26N2O4. The van der Waals surface area contributed by atoms with Gasteiger partial charge in [-0.3, -0.25) is 4.79 Å². The highest BCUT2D eigenvalue weighted by molar-refractivity contribution is 5.90. The smallest absolute Gasteiger partial charge is 0.338 e. The summed E-state index contributed by atoms with van der Waals surface area (Å²) >= 11 is 0. The maximum Gasteiger partial charge on any atom is 0.338 e. The number of rotatable bonds is 6. The quantitative estimate of drug-likeness (QED) is 0.447. The van der Waals surface area contributed by atoms with Crippen molar-refractivity contribution >= 4 is 18.1 Å². The normalized spacial score (nSPS) is 25.4. The van der Waals surface area contributed by atoms with Gasteiger partial charge in [0, 0.05) is 11.5 Å². The van der Waals surface area contributed by atoms with Gasteiger partial charge in [-0.15, -0.1) is 0 Å². The minimum absolute atomic E-state index is 0.0111. The summed E-state index contributed by atoms with van der Waals surface area (Å²) in [6, 6.07) is 10.7. The molecule has 2 aliphatic carbocycles. The van der Waals surface area contributed by atoms with Gasteiger partial charge in [0.2, 0.25) is 5.91 Å². The van der Waals surface area contributed by atoms with Gasteiger partial charge in [0.15, 0.2) is 0 Å². The van der Waals surface area contributed by atoms with Gasteiger partial charge >= 0.3 is 5.97 Å². The second-order valence-corrected chi connectivity index (χ2v) is 8.07. The highest BCUT2D eigenvalue weighted by Gasteiger charge is 2.64. The predicted octanol–water partition coefficient (Wildman–Crippen LogP) is 4.40. The van der Waals surface area contributed by atoms with Gasteiger partial charge in [0.1, 0.15) is 11.5 Å². The fraction of sp³-hybridized carbons (Fsp3) is 0.435. The molecule has 0 radical (unpaired) electrons. The Morgan fingerprint density at radius 2 is 2.03 bits per heavy atom. The molecule has 4 rings (SSSR count). The summed E-state index contributed by atoms with van der Waals surface area (Å²) in [5.74, 6) is 1.48. The number of nitrogens with zero attached hydrogens (tertiary/aromatic N) is 1. The Hall–Kier alpha value is -2.89. The monoisotopic (exact) mass is 394 g/mol. The maximum absolute atomic E-state index is 12.4. The van der Waals surface area contributed by atoms with Crippen molar-refractivity contribution in [2.24, 2.45) is 22.4 Å². The van der Waals surface area contributed by atoms with Gasteiger partial charge in [-0.05, 0) is 55.4 Å². The van der Waals surface area contributed by atoms with Gasteiger partial charge in [0.05, 0.1) is 18.4 Å². The van der Waals surface area contributed by atoms with Crippen LogP contribution in [0.3, 0.4) is 0 Å². The lowest BCUT2D eigenvalue weighted by Crippen LogP contribution is -2.22. The van der Waals surface area contributed by atoms with Crippen molar-refractivity contribution < 1.29 is 18.7 Å². The molecule has 1 aromatic carbocycles. The van der Waals surface area contributed by atoms with Crippen molar-refractivity contribution in [1.82, 2.24) is 5.43 Å². The number of hydrogen-bond acceptors (Lipinski definition) is 5. The van der Waals surface area contributed by atoms with Gasteiger partial charge in [-0.25, -0.2) is 10.2 Å². The molecule has 6 heteroatoms. The first-order chi connectivity index (χ1) is 14.0. The van der Waals surface area contributed by atoms with E-state index < -0.39 is 0 Å². The number of ether oxygens (including phenoxy) is 1. The molecule has 2 saturated carbocycles. The molecule has 1 heterocycles. The fourth-order valence-corrected chi connectivity index (χ4v) is 4.64. The van der Waals surface area contributed by atoms with Gasteiger partial charge in [0.25, 0.3) is 0 Å². The lowest BCUT2D eigenvalue weighted by atomic mass is 9.90. The highest BCUT2D eigenvalue weighted by atomic mass is 16.5. The number of esters is 1. The second-order valence-electron chi connectivity index (χ2n) is 8.07. The molecule has 2 fully saturated rings. The molecule has 152 valence electrons. The van der Waals surface area contributed by atoms with E-state index in [0.717, 1.165) is 18.4 Å². The molecule has 0 spiro atoms. The first-order valence-corrected chi connectivity index (χ1v) is 10.2. The standard InChI is InChI=1S/C23H26N2O4/c1-3-28-22(27)16-9-7-15(8-10-16)19-12-11-17(29-19)14-24-25-21(26)20-18-6-4-5-13-23(18,20)2/h7-12,14,18,20H,3-6,13H2,1-2H3,(H,25,26). The van der Waals surface area contributed by atoms with E-state index in [2.05, 4.69) is 17.5 Å². The number of hydrazone groups is 1. The summed E-state index contributed by atoms with van der Waals surface area (Å²) in [6.07, 6.45) is 6.24. The Morgan fingerprint density at radius 1 is 1.24 bits per heavy atom. The number of hydrogen-bond donors (Lipinski definition) is 1. The molecule has 0 saturated heterocycles. The molecule has 1 N–H and O–H groups in total. The third-order valence-electron chi connectivity index (χ3n) is 6.29. The van der Waals surface area contributed by atoms with E-state index in [1.54, 1.807) is 25.1 Å². The molecule has 1 amide bonds. The molecule has 2 aliphatic rings. The van der Waals surface area contributed by atoms with Crippen LogP contribution < -0.4 is 5.43 Å². The minimum atomic E-state index is -0.341. The Balaban J connectivity index is 1.34. The lowest BCUT2D eigenvalue weighted by molar-refractivity contribution is -0.123. The van der Waals surface area contributed by atoms with Crippen LogP contribution in [0, 0.1) is 17.3 Å². The third kappa shape index (κ3) is 3.84. The molecule has 6 nitrogen and oxygen atoms in total. The van der Waals surface area contributed by atoms with Crippen LogP contribution in [-0.4, -0.2) is 24.7 Å². The molecule has 29 heavy (non-hydrogen) atoms. The van der Waals surface area contributed by atoms with E-state index in [9.17, 15) is 9.59 Å². The van der Waals surface area contributed by atoms with E-state index >= 15 is 0 Å². The third-order valence-corrected chi connectivity index (χ3v) is 6.29. The highest BCUT2D eigenvalue weighted by Crippen LogP contribution is 2.66. The van der Waals surface area contributed by atoms with Crippen molar-refractivity contribution in [3.8, 4) is 11.3 Å². The van der Waals surface area contributed by atoms with Crippen molar-refractivity contribution in [1.29, 1.82) is 0 Å². The Morgan fingerprint density at radius 3 is 2.72 bits per heavy atom. The Labute approximate surface area is 170 Å². The summed E-state index contributed by atoms with van der Waals surface area (Å²) in [7, 11) is 0. The Bertz CT molecular complexity index is 931. The SMILES string of the molecule is CCOC(=O)c1ccc(-c2ccc(C=NNC(=O)C3C4CCCCC43C)o2)cc1. The van der Waals surface area contributed by atoms with Gasteiger partial charge in [-0.2, -0.15) is 5.10 Å². The van der Waals surface area contributed by atoms with Crippen molar-refractivity contribution in [2.75, 3.05) is 6.61 Å². The molecule has 3 atom stereocenters. The summed E-state index contributed by atoms with van der Waals surface area (Å²) in [5.41, 5.74) is 4.19. The van der Waals surface area contributed by atoms with Crippen LogP contribution in [0.5, 0.6) is 0 Å². The van der Waals surface area contributed by atoms with E-state index in [0.29, 0.717) is 29.6 Å². The van der Waals surface area contributed by atoms with Crippen molar-refractivity contribution in [3.63, 3.8) is 0 Å². The zero-order valence-electron chi connectivity index (χ0n) is 16.8.